The predicted octanol–water partition coefficient (Wildman–Crippen LogP) is 4.97. The van der Waals surface area contributed by atoms with Crippen molar-refractivity contribution < 1.29 is 18.7 Å². The molecule has 0 spiro atoms. The maximum Gasteiger partial charge on any atom is 0.251 e. The van der Waals surface area contributed by atoms with E-state index in [0.717, 1.165) is 29.2 Å². The van der Waals surface area contributed by atoms with Gasteiger partial charge in [0.2, 0.25) is 5.91 Å². The molecule has 0 radical (unpaired) electrons. The van der Waals surface area contributed by atoms with E-state index in [1.165, 1.54) is 0 Å². The Bertz CT molecular complexity index is 1100. The van der Waals surface area contributed by atoms with Crippen molar-refractivity contribution in [2.45, 2.75) is 65.1 Å². The van der Waals surface area contributed by atoms with Gasteiger partial charge >= 0.3 is 0 Å². The molecule has 3 heterocycles. The molecule has 3 atom stereocenters. The van der Waals surface area contributed by atoms with Crippen LogP contribution in [0, 0.1) is 12.8 Å². The predicted molar refractivity (Wildman–Crippen MR) is 141 cm³/mol. The highest BCUT2D eigenvalue weighted by Crippen LogP contribution is 2.45. The fourth-order valence-corrected chi connectivity index (χ4v) is 6.88. The zero-order valence-corrected chi connectivity index (χ0v) is 21.6. The van der Waals surface area contributed by atoms with Gasteiger partial charge in [-0.1, -0.05) is 19.9 Å². The Morgan fingerprint density at radius 1 is 1.17 bits per heavy atom. The monoisotopic (exact) mass is 500 g/mol. The molecule has 1 aromatic heterocycles. The molecule has 9 heteroatoms. The van der Waals surface area contributed by atoms with Crippen LogP contribution >= 0.6 is 10.6 Å². The van der Waals surface area contributed by atoms with Crippen LogP contribution in [0.2, 0.25) is 0 Å². The van der Waals surface area contributed by atoms with Crippen molar-refractivity contribution in [1.82, 2.24) is 10.3 Å². The van der Waals surface area contributed by atoms with Gasteiger partial charge in [-0.25, -0.2) is 4.98 Å². The number of benzene rings is 1. The highest BCUT2D eigenvalue weighted by atomic mass is 32.3. The van der Waals surface area contributed by atoms with Crippen LogP contribution in [0.15, 0.2) is 36.4 Å². The Labute approximate surface area is 208 Å². The van der Waals surface area contributed by atoms with Crippen LogP contribution in [0.5, 0.6) is 0 Å². The molecule has 0 bridgehead atoms. The van der Waals surface area contributed by atoms with Crippen LogP contribution in [-0.4, -0.2) is 49.5 Å². The normalized spacial score (nSPS) is 24.9. The van der Waals surface area contributed by atoms with Gasteiger partial charge in [0.1, 0.15) is 5.82 Å². The molecule has 190 valence electrons. The lowest BCUT2D eigenvalue weighted by atomic mass is 9.80. The molecular formula is C26H36N4O4S. The van der Waals surface area contributed by atoms with Crippen LogP contribution in [0.4, 0.5) is 11.5 Å². The molecule has 1 saturated heterocycles. The molecule has 2 aromatic rings. The minimum Gasteiger partial charge on any atom is -0.363 e. The van der Waals surface area contributed by atoms with Crippen LogP contribution in [0.25, 0.3) is 0 Å². The number of carbonyl (C=O) groups excluding carboxylic acids is 2. The number of amides is 2. The van der Waals surface area contributed by atoms with E-state index in [0.29, 0.717) is 29.9 Å². The van der Waals surface area contributed by atoms with E-state index in [-0.39, 0.29) is 35.9 Å². The second kappa shape index (κ2) is 10.2. The number of aromatic nitrogens is 1. The standard InChI is InChI=1S/C26H36N4O4S/c1-5-22-17(3)25(29-24-8-6-7-16(2)27-24)21-15-19(9-10-23(21)30(22)18(4)31)26(32)28-20-11-13-35(33,34)14-12-20/h6-10,15,17,20,22,25,33-34H,5,11-14H2,1-4H3,(H,27,29)(H,28,32)/t17-,22-,25+/m0/s1. The lowest BCUT2D eigenvalue weighted by molar-refractivity contribution is -0.117. The van der Waals surface area contributed by atoms with Gasteiger partial charge in [0.25, 0.3) is 5.91 Å². The molecule has 0 unspecified atom stereocenters. The van der Waals surface area contributed by atoms with Crippen molar-refractivity contribution in [3.05, 3.63) is 53.2 Å². The second-order valence-electron chi connectivity index (χ2n) is 9.74. The van der Waals surface area contributed by atoms with Crippen molar-refractivity contribution in [2.75, 3.05) is 21.7 Å². The minimum absolute atomic E-state index is 0.0176. The molecule has 2 amide bonds. The Hall–Kier alpha value is -2.62. The maximum atomic E-state index is 13.1. The van der Waals surface area contributed by atoms with Crippen molar-refractivity contribution in [3.8, 4) is 0 Å². The highest BCUT2D eigenvalue weighted by molar-refractivity contribution is 8.24. The number of anilines is 2. The van der Waals surface area contributed by atoms with Gasteiger partial charge in [-0.3, -0.25) is 18.7 Å². The lowest BCUT2D eigenvalue weighted by Crippen LogP contribution is -2.49. The third-order valence-electron chi connectivity index (χ3n) is 7.22. The van der Waals surface area contributed by atoms with Gasteiger partial charge in [-0.05, 0) is 62.1 Å². The number of nitrogens with one attached hydrogen (secondary N) is 2. The third-order valence-corrected chi connectivity index (χ3v) is 9.00. The highest BCUT2D eigenvalue weighted by Gasteiger charge is 2.40. The quantitative estimate of drug-likeness (QED) is 0.461. The molecule has 1 aromatic carbocycles. The van der Waals surface area contributed by atoms with E-state index in [2.05, 4.69) is 29.5 Å². The number of nitrogens with zero attached hydrogens (tertiary/aromatic N) is 2. The Balaban J connectivity index is 1.67. The van der Waals surface area contributed by atoms with Crippen LogP contribution in [0.1, 0.15) is 67.7 Å². The lowest BCUT2D eigenvalue weighted by Gasteiger charge is -2.45. The Morgan fingerprint density at radius 3 is 2.51 bits per heavy atom. The molecule has 35 heavy (non-hydrogen) atoms. The summed E-state index contributed by atoms with van der Waals surface area (Å²) >= 11 is 0. The molecule has 8 nitrogen and oxygen atoms in total. The fraction of sp³-hybridized carbons (Fsp3) is 0.500. The van der Waals surface area contributed by atoms with Gasteiger partial charge < -0.3 is 15.5 Å². The van der Waals surface area contributed by atoms with Crippen molar-refractivity contribution >= 4 is 33.9 Å². The van der Waals surface area contributed by atoms with E-state index in [1.807, 2.05) is 42.2 Å². The van der Waals surface area contributed by atoms with Gasteiger partial charge in [-0.15, -0.1) is 0 Å². The first-order chi connectivity index (χ1) is 16.6. The smallest absolute Gasteiger partial charge is 0.251 e. The van der Waals surface area contributed by atoms with Crippen LogP contribution in [-0.2, 0) is 4.79 Å². The van der Waals surface area contributed by atoms with E-state index in [4.69, 9.17) is 0 Å². The summed E-state index contributed by atoms with van der Waals surface area (Å²) in [7, 11) is -2.50. The van der Waals surface area contributed by atoms with Crippen molar-refractivity contribution in [2.24, 2.45) is 5.92 Å². The molecule has 1 fully saturated rings. The average Bonchev–Trinajstić information content (AvgIpc) is 2.81. The first-order valence-corrected chi connectivity index (χ1v) is 14.2. The SMILES string of the molecule is CC[C@H]1[C@H](C)[C@@H](Nc2cccc(C)n2)c2cc(C(=O)NC3CCS(O)(O)CC3)ccc2N1C(C)=O. The molecule has 2 aliphatic heterocycles. The number of aryl methyl sites for hydroxylation is 1. The second-order valence-corrected chi connectivity index (χ2v) is 12.2. The third kappa shape index (κ3) is 5.47. The summed E-state index contributed by atoms with van der Waals surface area (Å²) in [6.07, 6.45) is 1.91. The molecule has 4 N–H and O–H groups in total. The van der Waals surface area contributed by atoms with E-state index >= 15 is 0 Å². The van der Waals surface area contributed by atoms with Crippen LogP contribution < -0.4 is 15.5 Å². The number of pyridine rings is 1. The average molecular weight is 501 g/mol. The first kappa shape index (κ1) is 25.5. The van der Waals surface area contributed by atoms with Crippen molar-refractivity contribution in [1.29, 1.82) is 0 Å². The summed E-state index contributed by atoms with van der Waals surface area (Å²) in [4.78, 5) is 32.3. The first-order valence-electron chi connectivity index (χ1n) is 12.3. The van der Waals surface area contributed by atoms with E-state index in [1.54, 1.807) is 13.0 Å². The molecule has 4 rings (SSSR count). The summed E-state index contributed by atoms with van der Waals surface area (Å²) in [5.74, 6) is 1.27. The summed E-state index contributed by atoms with van der Waals surface area (Å²) in [6, 6.07) is 11.2. The number of fused-ring (bicyclic) bond motifs is 1. The Kier molecular flexibility index (Phi) is 7.40. The van der Waals surface area contributed by atoms with Crippen LogP contribution in [0.3, 0.4) is 0 Å². The minimum atomic E-state index is -2.50. The van der Waals surface area contributed by atoms with Gasteiger partial charge in [0, 0.05) is 53.4 Å². The van der Waals surface area contributed by atoms with Gasteiger partial charge in [0.15, 0.2) is 0 Å². The maximum absolute atomic E-state index is 13.1. The van der Waals surface area contributed by atoms with E-state index in [9.17, 15) is 18.7 Å². The Morgan fingerprint density at radius 2 is 1.89 bits per heavy atom. The molecule has 0 saturated carbocycles. The number of carbonyl (C=O) groups is 2. The molecule has 0 aliphatic carbocycles. The zero-order valence-electron chi connectivity index (χ0n) is 20.8. The summed E-state index contributed by atoms with van der Waals surface area (Å²) in [5, 5.41) is 6.63. The summed E-state index contributed by atoms with van der Waals surface area (Å²) in [6.45, 7) is 7.75. The number of hydrogen-bond acceptors (Lipinski definition) is 6. The fourth-order valence-electron chi connectivity index (χ4n) is 5.35. The van der Waals surface area contributed by atoms with Gasteiger partial charge in [-0.2, -0.15) is 10.6 Å². The number of hydrogen-bond donors (Lipinski definition) is 4. The molecule has 2 aliphatic rings. The summed E-state index contributed by atoms with van der Waals surface area (Å²) in [5.41, 5.74) is 3.14. The number of rotatable bonds is 5. The molecular weight excluding hydrogens is 464 g/mol. The zero-order chi connectivity index (χ0) is 25.3. The largest absolute Gasteiger partial charge is 0.363 e. The topological polar surface area (TPSA) is 115 Å². The van der Waals surface area contributed by atoms with E-state index < -0.39 is 10.6 Å². The summed E-state index contributed by atoms with van der Waals surface area (Å²) < 4.78 is 19.7. The van der Waals surface area contributed by atoms with Crippen molar-refractivity contribution in [3.63, 3.8) is 0 Å². The van der Waals surface area contributed by atoms with Gasteiger partial charge in [0.05, 0.1) is 6.04 Å².